The van der Waals surface area contributed by atoms with Gasteiger partial charge in [-0.1, -0.05) is 12.1 Å². The maximum absolute atomic E-state index is 12.3. The van der Waals surface area contributed by atoms with E-state index >= 15 is 0 Å². The molecule has 1 atom stereocenters. The summed E-state index contributed by atoms with van der Waals surface area (Å²) >= 11 is 0. The van der Waals surface area contributed by atoms with Crippen LogP contribution in [0, 0.1) is 5.92 Å². The van der Waals surface area contributed by atoms with Crippen LogP contribution >= 0.6 is 0 Å². The van der Waals surface area contributed by atoms with E-state index < -0.39 is 12.8 Å². The van der Waals surface area contributed by atoms with E-state index in [1.54, 1.807) is 17.0 Å². The number of likely N-dealkylation sites (tertiary alicyclic amines) is 1. The molecule has 0 aromatic heterocycles. The summed E-state index contributed by atoms with van der Waals surface area (Å²) in [6.45, 7) is 0.548. The van der Waals surface area contributed by atoms with Crippen LogP contribution in [0.3, 0.4) is 0 Å². The Morgan fingerprint density at radius 1 is 1.29 bits per heavy atom. The van der Waals surface area contributed by atoms with E-state index in [4.69, 9.17) is 9.47 Å². The Morgan fingerprint density at radius 3 is 2.58 bits per heavy atom. The second-order valence-corrected chi connectivity index (χ2v) is 5.69. The molecule has 134 valence electrons. The van der Waals surface area contributed by atoms with Crippen molar-refractivity contribution in [3.63, 3.8) is 0 Å². The summed E-state index contributed by atoms with van der Waals surface area (Å²) in [6, 6.07) is 6.01. The zero-order valence-corrected chi connectivity index (χ0v) is 13.4. The lowest BCUT2D eigenvalue weighted by molar-refractivity contribution is -0.153. The zero-order valence-electron chi connectivity index (χ0n) is 13.4. The minimum atomic E-state index is -4.43. The molecule has 24 heavy (non-hydrogen) atoms. The number of ether oxygens (including phenoxy) is 2. The molecule has 1 amide bonds. The van der Waals surface area contributed by atoms with Gasteiger partial charge in [-0.15, -0.1) is 0 Å². The van der Waals surface area contributed by atoms with Gasteiger partial charge in [0.15, 0.2) is 24.7 Å². The Balaban J connectivity index is 1.87. The highest BCUT2D eigenvalue weighted by Crippen LogP contribution is 2.28. The number of nitrogens with one attached hydrogen (secondary N) is 1. The highest BCUT2D eigenvalue weighted by Gasteiger charge is 2.29. The van der Waals surface area contributed by atoms with E-state index in [1.807, 2.05) is 7.05 Å². The first-order chi connectivity index (χ1) is 11.4. The third-order valence-electron chi connectivity index (χ3n) is 3.72. The summed E-state index contributed by atoms with van der Waals surface area (Å²) in [4.78, 5) is 13.9. The maximum Gasteiger partial charge on any atom is 0.422 e. The van der Waals surface area contributed by atoms with Crippen LogP contribution in [0.2, 0.25) is 0 Å². The van der Waals surface area contributed by atoms with Crippen molar-refractivity contribution >= 4 is 5.91 Å². The Bertz CT molecular complexity index is 552. The third kappa shape index (κ3) is 5.59. The van der Waals surface area contributed by atoms with E-state index in [2.05, 4.69) is 5.32 Å². The van der Waals surface area contributed by atoms with E-state index in [9.17, 15) is 18.0 Å². The topological polar surface area (TPSA) is 50.8 Å². The van der Waals surface area contributed by atoms with Gasteiger partial charge >= 0.3 is 6.18 Å². The molecule has 0 unspecified atom stereocenters. The smallest absolute Gasteiger partial charge is 0.422 e. The minimum Gasteiger partial charge on any atom is -0.480 e. The quantitative estimate of drug-likeness (QED) is 0.821. The van der Waals surface area contributed by atoms with E-state index in [0.717, 1.165) is 13.0 Å². The number of amides is 1. The number of para-hydroxylation sites is 2. The number of hydrogen-bond acceptors (Lipinski definition) is 4. The molecule has 0 aliphatic carbocycles. The van der Waals surface area contributed by atoms with Crippen molar-refractivity contribution < 1.29 is 27.4 Å². The number of alkyl halides is 3. The lowest BCUT2D eigenvalue weighted by Gasteiger charge is -2.18. The van der Waals surface area contributed by atoms with E-state index in [-0.39, 0.29) is 24.0 Å². The Morgan fingerprint density at radius 2 is 1.96 bits per heavy atom. The van der Waals surface area contributed by atoms with Gasteiger partial charge in [0.25, 0.3) is 5.91 Å². The standard InChI is InChI=1S/C16H21F3N2O3/c1-20-8-12-6-7-21(9-12)15(22)10-23-13-4-2-3-5-14(13)24-11-16(17,18)19/h2-5,12,20H,6-11H2,1H3/t12-/m0/s1. The normalized spacial score (nSPS) is 17.8. The van der Waals surface area contributed by atoms with Crippen molar-refractivity contribution in [2.24, 2.45) is 5.92 Å². The van der Waals surface area contributed by atoms with Crippen LogP contribution in [0.5, 0.6) is 11.5 Å². The molecule has 5 nitrogen and oxygen atoms in total. The van der Waals surface area contributed by atoms with Gasteiger partial charge in [-0.05, 0) is 38.1 Å². The average molecular weight is 346 g/mol. The van der Waals surface area contributed by atoms with Gasteiger partial charge in [-0.3, -0.25) is 4.79 Å². The van der Waals surface area contributed by atoms with Crippen LogP contribution in [0.25, 0.3) is 0 Å². The highest BCUT2D eigenvalue weighted by molar-refractivity contribution is 5.78. The molecule has 8 heteroatoms. The number of benzene rings is 1. The van der Waals surface area contributed by atoms with Crippen molar-refractivity contribution in [1.29, 1.82) is 0 Å². The molecule has 1 aromatic rings. The van der Waals surface area contributed by atoms with Gasteiger partial charge in [0.05, 0.1) is 0 Å². The van der Waals surface area contributed by atoms with Crippen LogP contribution in [0.15, 0.2) is 24.3 Å². The molecule has 0 spiro atoms. The van der Waals surface area contributed by atoms with Crippen LogP contribution in [-0.2, 0) is 4.79 Å². The third-order valence-corrected chi connectivity index (χ3v) is 3.72. The number of hydrogen-bond donors (Lipinski definition) is 1. The lowest BCUT2D eigenvalue weighted by atomic mass is 10.1. The predicted molar refractivity (Wildman–Crippen MR) is 82.1 cm³/mol. The molecular formula is C16H21F3N2O3. The Labute approximate surface area is 138 Å². The first kappa shape index (κ1) is 18.4. The average Bonchev–Trinajstić information content (AvgIpc) is 3.00. The second-order valence-electron chi connectivity index (χ2n) is 5.69. The van der Waals surface area contributed by atoms with Gasteiger partial charge in [-0.2, -0.15) is 13.2 Å². The fourth-order valence-corrected chi connectivity index (χ4v) is 2.59. The molecule has 1 heterocycles. The summed E-state index contributed by atoms with van der Waals surface area (Å²) < 4.78 is 46.9. The summed E-state index contributed by atoms with van der Waals surface area (Å²) in [5, 5.41) is 3.08. The molecule has 2 rings (SSSR count). The molecule has 1 aromatic carbocycles. The largest absolute Gasteiger partial charge is 0.480 e. The number of nitrogens with zero attached hydrogens (tertiary/aromatic N) is 1. The number of rotatable bonds is 7. The first-order valence-electron chi connectivity index (χ1n) is 7.73. The molecule has 0 bridgehead atoms. The van der Waals surface area contributed by atoms with Crippen LogP contribution in [0.4, 0.5) is 13.2 Å². The molecule has 1 aliphatic heterocycles. The number of halogens is 3. The molecule has 0 saturated carbocycles. The summed E-state index contributed by atoms with van der Waals surface area (Å²) in [5.74, 6) is 0.332. The summed E-state index contributed by atoms with van der Waals surface area (Å²) in [7, 11) is 1.87. The maximum atomic E-state index is 12.3. The van der Waals surface area contributed by atoms with E-state index in [1.165, 1.54) is 12.1 Å². The summed E-state index contributed by atoms with van der Waals surface area (Å²) in [5.41, 5.74) is 0. The Kier molecular flexibility index (Phi) is 6.30. The Hall–Kier alpha value is -1.96. The molecule has 1 saturated heterocycles. The van der Waals surface area contributed by atoms with Crippen molar-refractivity contribution in [2.45, 2.75) is 12.6 Å². The van der Waals surface area contributed by atoms with Crippen molar-refractivity contribution in [1.82, 2.24) is 10.2 Å². The molecule has 1 N–H and O–H groups in total. The fourth-order valence-electron chi connectivity index (χ4n) is 2.59. The second kappa shape index (κ2) is 8.23. The fraction of sp³-hybridized carbons (Fsp3) is 0.562. The molecule has 0 radical (unpaired) electrons. The number of carbonyl (C=O) groups excluding carboxylic acids is 1. The van der Waals surface area contributed by atoms with Gasteiger partial charge in [0.2, 0.25) is 0 Å². The molecular weight excluding hydrogens is 325 g/mol. The molecule has 1 fully saturated rings. The van der Waals surface area contributed by atoms with Crippen LogP contribution < -0.4 is 14.8 Å². The monoisotopic (exact) mass is 346 g/mol. The molecule has 1 aliphatic rings. The van der Waals surface area contributed by atoms with E-state index in [0.29, 0.717) is 19.0 Å². The number of carbonyl (C=O) groups is 1. The first-order valence-corrected chi connectivity index (χ1v) is 7.73. The van der Waals surface area contributed by atoms with Gasteiger partial charge in [0, 0.05) is 13.1 Å². The SMILES string of the molecule is CNC[C@@H]1CCN(C(=O)COc2ccccc2OCC(F)(F)F)C1. The predicted octanol–water partition coefficient (Wildman–Crippen LogP) is 2.07. The van der Waals surface area contributed by atoms with Gasteiger partial charge in [0.1, 0.15) is 0 Å². The zero-order chi connectivity index (χ0) is 17.6. The van der Waals surface area contributed by atoms with Crippen molar-refractivity contribution in [3.05, 3.63) is 24.3 Å². The highest BCUT2D eigenvalue weighted by atomic mass is 19.4. The van der Waals surface area contributed by atoms with Gasteiger partial charge in [-0.25, -0.2) is 0 Å². The van der Waals surface area contributed by atoms with Crippen molar-refractivity contribution in [2.75, 3.05) is 39.9 Å². The van der Waals surface area contributed by atoms with Crippen LogP contribution in [-0.4, -0.2) is 56.9 Å². The minimum absolute atomic E-state index is 0.0305. The summed E-state index contributed by atoms with van der Waals surface area (Å²) in [6.07, 6.45) is -3.50. The lowest BCUT2D eigenvalue weighted by Crippen LogP contribution is -2.34. The van der Waals surface area contributed by atoms with Gasteiger partial charge < -0.3 is 19.7 Å². The van der Waals surface area contributed by atoms with Crippen LogP contribution in [0.1, 0.15) is 6.42 Å². The van der Waals surface area contributed by atoms with Crippen molar-refractivity contribution in [3.8, 4) is 11.5 Å².